The van der Waals surface area contributed by atoms with Crippen molar-refractivity contribution in [1.82, 2.24) is 4.57 Å². The minimum Gasteiger partial charge on any atom is -0.309 e. The number of nitrogens with zero attached hydrogens (tertiary/aromatic N) is 1. The molecule has 14 rings (SSSR count). The van der Waals surface area contributed by atoms with E-state index in [4.69, 9.17) is 0 Å². The van der Waals surface area contributed by atoms with Gasteiger partial charge in [0.15, 0.2) is 0 Å². The second-order valence-electron chi connectivity index (χ2n) is 16.0. The first kappa shape index (κ1) is 29.8. The van der Waals surface area contributed by atoms with E-state index in [2.05, 4.69) is 193 Å². The van der Waals surface area contributed by atoms with Gasteiger partial charge in [-0.1, -0.05) is 164 Å². The number of hydrogen-bond donors (Lipinski definition) is 0. The van der Waals surface area contributed by atoms with Crippen molar-refractivity contribution in [2.45, 2.75) is 0 Å². The van der Waals surface area contributed by atoms with Crippen molar-refractivity contribution in [2.75, 3.05) is 0 Å². The van der Waals surface area contributed by atoms with Gasteiger partial charge in [0, 0.05) is 16.5 Å². The topological polar surface area (TPSA) is 4.93 Å². The monoisotopic (exact) mass is 717 g/mol. The lowest BCUT2D eigenvalue weighted by atomic mass is 9.86. The van der Waals surface area contributed by atoms with Crippen LogP contribution in [0.3, 0.4) is 0 Å². The first-order valence-corrected chi connectivity index (χ1v) is 19.9. The zero-order valence-electron chi connectivity index (χ0n) is 30.8. The van der Waals surface area contributed by atoms with E-state index < -0.39 is 0 Å². The van der Waals surface area contributed by atoms with Crippen molar-refractivity contribution in [3.63, 3.8) is 0 Å². The lowest BCUT2D eigenvalue weighted by molar-refractivity contribution is 1.19. The lowest BCUT2D eigenvalue weighted by Crippen LogP contribution is -1.94. The van der Waals surface area contributed by atoms with Crippen molar-refractivity contribution in [1.29, 1.82) is 0 Å². The maximum absolute atomic E-state index is 2.50. The van der Waals surface area contributed by atoms with Gasteiger partial charge in [-0.25, -0.2) is 0 Å². The van der Waals surface area contributed by atoms with E-state index in [1.54, 1.807) is 0 Å². The molecule has 13 aromatic carbocycles. The Balaban J connectivity index is 1.10. The van der Waals surface area contributed by atoms with Crippen LogP contribution in [-0.2, 0) is 0 Å². The molecular weight excluding hydrogens is 687 g/mol. The van der Waals surface area contributed by atoms with Crippen LogP contribution in [0.2, 0.25) is 0 Å². The molecule has 0 unspecified atom stereocenters. The van der Waals surface area contributed by atoms with E-state index >= 15 is 0 Å². The van der Waals surface area contributed by atoms with Gasteiger partial charge in [-0.05, 0) is 133 Å². The summed E-state index contributed by atoms with van der Waals surface area (Å²) in [5.41, 5.74) is 8.74. The third-order valence-electron chi connectivity index (χ3n) is 13.2. The third-order valence-corrected chi connectivity index (χ3v) is 13.2. The predicted octanol–water partition coefficient (Wildman–Crippen LogP) is 15.7. The largest absolute Gasteiger partial charge is 0.309 e. The highest BCUT2D eigenvalue weighted by atomic mass is 15.0. The van der Waals surface area contributed by atoms with Gasteiger partial charge in [0.1, 0.15) is 0 Å². The minimum absolute atomic E-state index is 1.18. The molecule has 1 aromatic heterocycles. The highest BCUT2D eigenvalue weighted by Gasteiger charge is 2.23. The fourth-order valence-electron chi connectivity index (χ4n) is 10.8. The summed E-state index contributed by atoms with van der Waals surface area (Å²) in [6.45, 7) is 0. The molecule has 0 saturated carbocycles. The lowest BCUT2D eigenvalue weighted by Gasteiger charge is -2.17. The molecule has 0 atom stereocenters. The Morgan fingerprint density at radius 3 is 1.09 bits per heavy atom. The summed E-state index contributed by atoms with van der Waals surface area (Å²) in [7, 11) is 0. The van der Waals surface area contributed by atoms with Crippen molar-refractivity contribution in [3.05, 3.63) is 188 Å². The van der Waals surface area contributed by atoms with Crippen molar-refractivity contribution in [2.24, 2.45) is 0 Å². The van der Waals surface area contributed by atoms with Crippen LogP contribution in [0.1, 0.15) is 0 Å². The van der Waals surface area contributed by atoms with Crippen LogP contribution in [0.4, 0.5) is 0 Å². The second kappa shape index (κ2) is 10.6. The van der Waals surface area contributed by atoms with Gasteiger partial charge >= 0.3 is 0 Å². The molecule has 0 bridgehead atoms. The molecule has 0 amide bonds. The van der Waals surface area contributed by atoms with Crippen LogP contribution in [0.25, 0.3) is 136 Å². The fraction of sp³-hybridized carbons (Fsp3) is 0. The molecule has 0 N–H and O–H groups in total. The maximum atomic E-state index is 2.50. The Labute approximate surface area is 327 Å². The molecule has 57 heavy (non-hydrogen) atoms. The molecule has 0 spiro atoms. The normalized spacial score (nSPS) is 12.6. The summed E-state index contributed by atoms with van der Waals surface area (Å²) in [5.74, 6) is 0. The van der Waals surface area contributed by atoms with Crippen LogP contribution in [-0.4, -0.2) is 4.57 Å². The van der Waals surface area contributed by atoms with Gasteiger partial charge < -0.3 is 4.57 Å². The first-order chi connectivity index (χ1) is 28.3. The van der Waals surface area contributed by atoms with Gasteiger partial charge in [-0.15, -0.1) is 0 Å². The molecule has 0 aliphatic rings. The zero-order valence-corrected chi connectivity index (χ0v) is 30.8. The first-order valence-electron chi connectivity index (χ1n) is 19.9. The Bertz CT molecular complexity index is 3720. The average molecular weight is 718 g/mol. The molecule has 1 heteroatoms. The van der Waals surface area contributed by atoms with E-state index in [1.165, 1.54) is 136 Å². The minimum atomic E-state index is 1.18. The molecule has 0 saturated heterocycles. The van der Waals surface area contributed by atoms with E-state index in [0.29, 0.717) is 0 Å². The van der Waals surface area contributed by atoms with Crippen molar-refractivity contribution >= 4 is 108 Å². The molecule has 14 aromatic rings. The molecule has 1 heterocycles. The number of aromatic nitrogens is 1. The predicted molar refractivity (Wildman–Crippen MR) is 245 cm³/mol. The van der Waals surface area contributed by atoms with Crippen LogP contribution < -0.4 is 0 Å². The Kier molecular flexibility index (Phi) is 5.56. The molecular formula is C56H31N. The summed E-state index contributed by atoms with van der Waals surface area (Å²) in [6, 6.07) is 71.0. The van der Waals surface area contributed by atoms with E-state index in [0.717, 1.165) is 0 Å². The standard InChI is InChI=1S/C56H31N/c1-2-6-39-31-40(20-15-32(39)5-1)57-49-29-27-43(41-21-16-37-13-11-33-7-3-9-35-18-23-45(41)53(37)51(33)35)47-25-26-48-44(28-30-50(57)56(48)55(47)49)42-22-17-38-14-12-34-8-4-10-36-19-24-46(42)54(38)52(34)36/h1-31H. The van der Waals surface area contributed by atoms with E-state index in [-0.39, 0.29) is 0 Å². The average Bonchev–Trinajstić information content (AvgIpc) is 3.61. The van der Waals surface area contributed by atoms with Crippen molar-refractivity contribution < 1.29 is 0 Å². The smallest absolute Gasteiger partial charge is 0.0547 e. The second-order valence-corrected chi connectivity index (χ2v) is 16.0. The number of fused-ring (bicyclic) bond motifs is 1. The van der Waals surface area contributed by atoms with Crippen LogP contribution in [0.5, 0.6) is 0 Å². The third kappa shape index (κ3) is 3.83. The van der Waals surface area contributed by atoms with Gasteiger partial charge in [0.05, 0.1) is 11.0 Å². The summed E-state index contributed by atoms with van der Waals surface area (Å²) < 4.78 is 2.50. The van der Waals surface area contributed by atoms with Gasteiger partial charge in [-0.3, -0.25) is 0 Å². The quantitative estimate of drug-likeness (QED) is 0.160. The molecule has 260 valence electrons. The van der Waals surface area contributed by atoms with Crippen LogP contribution in [0.15, 0.2) is 188 Å². The highest BCUT2D eigenvalue weighted by molar-refractivity contribution is 6.32. The van der Waals surface area contributed by atoms with Gasteiger partial charge in [-0.2, -0.15) is 0 Å². The van der Waals surface area contributed by atoms with Gasteiger partial charge in [0.25, 0.3) is 0 Å². The molecule has 0 radical (unpaired) electrons. The van der Waals surface area contributed by atoms with E-state index in [9.17, 15) is 0 Å². The Hall–Kier alpha value is -7.48. The molecule has 1 nitrogen and oxygen atoms in total. The molecule has 0 aliphatic carbocycles. The van der Waals surface area contributed by atoms with Crippen LogP contribution in [0, 0.1) is 0 Å². The van der Waals surface area contributed by atoms with Crippen molar-refractivity contribution in [3.8, 4) is 27.9 Å². The van der Waals surface area contributed by atoms with Crippen LogP contribution >= 0.6 is 0 Å². The number of hydrogen-bond acceptors (Lipinski definition) is 0. The summed E-state index contributed by atoms with van der Waals surface area (Å²) >= 11 is 0. The Morgan fingerprint density at radius 1 is 0.228 bits per heavy atom. The molecule has 0 aliphatic heterocycles. The number of benzene rings is 13. The SMILES string of the molecule is c1ccc2cc(-n3c4ccc(-c5ccc6ccc7cccc8ccc5c6c78)c5ccc6c(-c7ccc8ccc9cccc%10ccc7c8c9%10)ccc3c6c54)ccc2c1. The highest BCUT2D eigenvalue weighted by Crippen LogP contribution is 2.49. The zero-order chi connectivity index (χ0) is 36.9. The fourth-order valence-corrected chi connectivity index (χ4v) is 10.8. The van der Waals surface area contributed by atoms with Gasteiger partial charge in [0.2, 0.25) is 0 Å². The Morgan fingerprint density at radius 2 is 0.579 bits per heavy atom. The summed E-state index contributed by atoms with van der Waals surface area (Å²) in [6.07, 6.45) is 0. The summed E-state index contributed by atoms with van der Waals surface area (Å²) in [4.78, 5) is 0. The molecule has 0 fully saturated rings. The van der Waals surface area contributed by atoms with E-state index in [1.807, 2.05) is 0 Å². The number of rotatable bonds is 3. The maximum Gasteiger partial charge on any atom is 0.0547 e. The summed E-state index contributed by atoms with van der Waals surface area (Å²) in [5, 5.41) is 23.5.